The molecule has 1 fully saturated rings. The summed E-state index contributed by atoms with van der Waals surface area (Å²) in [5.74, 6) is 0.189. The second kappa shape index (κ2) is 14.8. The third-order valence-electron chi connectivity index (χ3n) is 6.44. The molecule has 1 aliphatic carbocycles. The van der Waals surface area contributed by atoms with E-state index in [9.17, 15) is 14.7 Å². The van der Waals surface area contributed by atoms with Crippen LogP contribution in [-0.2, 0) is 11.2 Å². The Labute approximate surface area is 208 Å². The van der Waals surface area contributed by atoms with Crippen molar-refractivity contribution in [1.82, 2.24) is 5.32 Å². The maximum absolute atomic E-state index is 12.8. The minimum absolute atomic E-state index is 0.348. The van der Waals surface area contributed by atoms with Crippen molar-refractivity contribution in [2.45, 2.75) is 64.8 Å². The van der Waals surface area contributed by atoms with Crippen LogP contribution < -0.4 is 11.1 Å². The zero-order valence-electron chi connectivity index (χ0n) is 20.8. The summed E-state index contributed by atoms with van der Waals surface area (Å²) in [6, 6.07) is 12.8. The highest BCUT2D eigenvalue weighted by atomic mass is 32.2. The maximum atomic E-state index is 12.8. The lowest BCUT2D eigenvalue weighted by Crippen LogP contribution is -2.41. The van der Waals surface area contributed by atoms with E-state index in [0.717, 1.165) is 41.1 Å². The van der Waals surface area contributed by atoms with Gasteiger partial charge in [0.05, 0.1) is 0 Å². The molecule has 0 heterocycles. The minimum atomic E-state index is -1.00. The van der Waals surface area contributed by atoms with E-state index in [0.29, 0.717) is 17.7 Å². The van der Waals surface area contributed by atoms with Gasteiger partial charge in [-0.15, -0.1) is 0 Å². The van der Waals surface area contributed by atoms with E-state index >= 15 is 0 Å². The molecule has 0 saturated heterocycles. The van der Waals surface area contributed by atoms with Crippen LogP contribution in [0, 0.1) is 12.8 Å². The van der Waals surface area contributed by atoms with Gasteiger partial charge in [0, 0.05) is 5.56 Å². The Kier molecular flexibility index (Phi) is 12.2. The monoisotopic (exact) mass is 484 g/mol. The van der Waals surface area contributed by atoms with Gasteiger partial charge in [0.1, 0.15) is 6.04 Å². The topological polar surface area (TPSA) is 92.4 Å². The Morgan fingerprint density at radius 1 is 1.12 bits per heavy atom. The van der Waals surface area contributed by atoms with Gasteiger partial charge in [-0.3, -0.25) is 4.79 Å². The predicted octanol–water partition coefficient (Wildman–Crippen LogP) is 5.69. The Morgan fingerprint density at radius 3 is 2.38 bits per heavy atom. The zero-order chi connectivity index (χ0) is 24.9. The number of amides is 1. The first kappa shape index (κ1) is 27.9. The van der Waals surface area contributed by atoms with E-state index in [1.807, 2.05) is 49.6 Å². The van der Waals surface area contributed by atoms with E-state index in [1.54, 1.807) is 17.8 Å². The van der Waals surface area contributed by atoms with Gasteiger partial charge >= 0.3 is 5.97 Å². The Hall–Kier alpha value is -2.31. The molecule has 2 aromatic rings. The molecule has 3 rings (SSSR count). The number of carboxylic acid groups (broad SMARTS) is 1. The summed E-state index contributed by atoms with van der Waals surface area (Å²) >= 11 is 1.56. The van der Waals surface area contributed by atoms with E-state index in [2.05, 4.69) is 12.2 Å². The summed E-state index contributed by atoms with van der Waals surface area (Å²) in [5.41, 5.74) is 10.1. The molecule has 0 aromatic heterocycles. The van der Waals surface area contributed by atoms with Crippen LogP contribution in [0.3, 0.4) is 0 Å². The molecule has 2 aromatic carbocycles. The molecule has 1 saturated carbocycles. The van der Waals surface area contributed by atoms with Crippen molar-refractivity contribution in [2.75, 3.05) is 18.6 Å². The van der Waals surface area contributed by atoms with Gasteiger partial charge in [-0.25, -0.2) is 4.79 Å². The maximum Gasteiger partial charge on any atom is 0.326 e. The number of aryl methyl sites for hydroxylation is 2. The smallest absolute Gasteiger partial charge is 0.326 e. The molecular weight excluding hydrogens is 444 g/mol. The number of rotatable bonds is 9. The molecule has 1 amide bonds. The van der Waals surface area contributed by atoms with Crippen molar-refractivity contribution in [3.8, 4) is 11.1 Å². The third kappa shape index (κ3) is 8.48. The quantitative estimate of drug-likeness (QED) is 0.425. The highest BCUT2D eigenvalue weighted by molar-refractivity contribution is 7.98. The van der Waals surface area contributed by atoms with Crippen molar-refractivity contribution in [2.24, 2.45) is 11.7 Å². The van der Waals surface area contributed by atoms with Gasteiger partial charge in [0.2, 0.25) is 0 Å². The average Bonchev–Trinajstić information content (AvgIpc) is 2.87. The number of nitrogens with one attached hydrogen (secondary N) is 1. The van der Waals surface area contributed by atoms with Crippen molar-refractivity contribution >= 4 is 23.6 Å². The number of hydrogen-bond acceptors (Lipinski definition) is 4. The molecule has 34 heavy (non-hydrogen) atoms. The highest BCUT2D eigenvalue weighted by Crippen LogP contribution is 2.28. The average molecular weight is 485 g/mol. The fourth-order valence-corrected chi connectivity index (χ4v) is 4.73. The number of aliphatic carboxylic acids is 1. The van der Waals surface area contributed by atoms with Crippen molar-refractivity contribution < 1.29 is 14.7 Å². The normalized spacial score (nSPS) is 14.6. The summed E-state index contributed by atoms with van der Waals surface area (Å²) in [6.45, 7) is 4.99. The van der Waals surface area contributed by atoms with Crippen LogP contribution in [0.1, 0.15) is 66.9 Å². The molecule has 0 radical (unpaired) electrons. The van der Waals surface area contributed by atoms with Crippen molar-refractivity contribution in [3.63, 3.8) is 0 Å². The first-order chi connectivity index (χ1) is 16.4. The number of nitrogens with two attached hydrogens (primary N) is 1. The summed E-state index contributed by atoms with van der Waals surface area (Å²) in [5, 5.41) is 12.1. The third-order valence-corrected chi connectivity index (χ3v) is 7.09. The predicted molar refractivity (Wildman–Crippen MR) is 144 cm³/mol. The summed E-state index contributed by atoms with van der Waals surface area (Å²) in [7, 11) is 0. The Morgan fingerprint density at radius 2 is 1.82 bits per heavy atom. The minimum Gasteiger partial charge on any atom is -0.480 e. The van der Waals surface area contributed by atoms with Crippen LogP contribution in [0.2, 0.25) is 0 Å². The van der Waals surface area contributed by atoms with Gasteiger partial charge in [-0.2, -0.15) is 11.8 Å². The fourth-order valence-electron chi connectivity index (χ4n) is 4.26. The summed E-state index contributed by atoms with van der Waals surface area (Å²) in [4.78, 5) is 24.3. The molecule has 0 spiro atoms. The van der Waals surface area contributed by atoms with E-state index < -0.39 is 12.0 Å². The standard InChI is InChI=1S/C21H25NO3S.C7H15N/c1-4-15-9-10-17(18(13-15)16-8-6-5-7-14(16)2)20(23)22-19(21(24)25)11-12-26-3;8-6-7-4-2-1-3-5-7/h5-10,13,19H,4,11-12H2,1-3H3,(H,22,23)(H,24,25);7H,1-6,8H2. The highest BCUT2D eigenvalue weighted by Gasteiger charge is 2.22. The molecular formula is C28H40N2O3S. The molecule has 4 N–H and O–H groups in total. The molecule has 6 heteroatoms. The van der Waals surface area contributed by atoms with Gasteiger partial charge in [0.15, 0.2) is 0 Å². The second-order valence-electron chi connectivity index (χ2n) is 8.93. The Bertz CT molecular complexity index is 926. The number of carbonyl (C=O) groups excluding carboxylic acids is 1. The molecule has 186 valence electrons. The molecule has 1 atom stereocenters. The van der Waals surface area contributed by atoms with Crippen LogP contribution in [0.4, 0.5) is 0 Å². The summed E-state index contributed by atoms with van der Waals surface area (Å²) < 4.78 is 0. The number of thioether (sulfide) groups is 1. The molecule has 5 nitrogen and oxygen atoms in total. The van der Waals surface area contributed by atoms with E-state index in [-0.39, 0.29) is 5.91 Å². The molecule has 1 aliphatic rings. The van der Waals surface area contributed by atoms with Crippen molar-refractivity contribution in [3.05, 3.63) is 59.2 Å². The SMILES string of the molecule is CCc1ccc(C(=O)NC(CCSC)C(=O)O)c(-c2ccccc2C)c1.NCC1CCCCC1. The second-order valence-corrected chi connectivity index (χ2v) is 9.92. The molecule has 1 unspecified atom stereocenters. The number of carboxylic acids is 1. The zero-order valence-corrected chi connectivity index (χ0v) is 21.6. The first-order valence-electron chi connectivity index (χ1n) is 12.3. The summed E-state index contributed by atoms with van der Waals surface area (Å²) in [6.07, 6.45) is 10.2. The van der Waals surface area contributed by atoms with Crippen LogP contribution in [0.15, 0.2) is 42.5 Å². The Balaban J connectivity index is 0.000000430. The van der Waals surface area contributed by atoms with Crippen LogP contribution in [-0.4, -0.2) is 41.6 Å². The largest absolute Gasteiger partial charge is 0.480 e. The van der Waals surface area contributed by atoms with Gasteiger partial charge < -0.3 is 16.2 Å². The first-order valence-corrected chi connectivity index (χ1v) is 13.7. The fraction of sp³-hybridized carbons (Fsp3) is 0.500. The number of carbonyl (C=O) groups is 2. The van der Waals surface area contributed by atoms with Gasteiger partial charge in [0.25, 0.3) is 5.91 Å². The lowest BCUT2D eigenvalue weighted by Gasteiger charge is -2.18. The number of hydrogen-bond donors (Lipinski definition) is 3. The van der Waals surface area contributed by atoms with Crippen LogP contribution >= 0.6 is 11.8 Å². The van der Waals surface area contributed by atoms with Gasteiger partial charge in [-0.05, 0) is 85.4 Å². The lowest BCUT2D eigenvalue weighted by molar-refractivity contribution is -0.139. The van der Waals surface area contributed by atoms with Crippen LogP contribution in [0.25, 0.3) is 11.1 Å². The molecule has 0 bridgehead atoms. The van der Waals surface area contributed by atoms with Crippen LogP contribution in [0.5, 0.6) is 0 Å². The number of benzene rings is 2. The van der Waals surface area contributed by atoms with Gasteiger partial charge in [-0.1, -0.05) is 62.6 Å². The van der Waals surface area contributed by atoms with Crippen molar-refractivity contribution in [1.29, 1.82) is 0 Å². The molecule has 0 aliphatic heterocycles. The van der Waals surface area contributed by atoms with E-state index in [4.69, 9.17) is 5.73 Å². The van der Waals surface area contributed by atoms with E-state index in [1.165, 1.54) is 32.1 Å². The lowest BCUT2D eigenvalue weighted by atomic mass is 9.90.